The van der Waals surface area contributed by atoms with E-state index in [4.69, 9.17) is 4.74 Å². The summed E-state index contributed by atoms with van der Waals surface area (Å²) in [4.78, 5) is 81.1. The summed E-state index contributed by atoms with van der Waals surface area (Å²) in [6, 6.07) is -4.08. The van der Waals surface area contributed by atoms with E-state index in [0.717, 1.165) is 0 Å². The third-order valence-corrected chi connectivity index (χ3v) is 9.33. The molecule has 0 aromatic carbocycles. The SMILES string of the molecule is CCCNC(=O)C(=O)C(CCC)NC(=O)C1[C@@H]2[C@H](CN1C(=O)C(NC(=O)N[C@H](COC(=O)NC(C)(C)C)C(C)(C)C)C(C)(C)C)C2(C)C. The average Bonchev–Trinajstić information content (AvgIpc) is 3.25. The van der Waals surface area contributed by atoms with Crippen LogP contribution in [0, 0.1) is 28.1 Å². The number of piperidine rings is 1. The predicted molar refractivity (Wildman–Crippen MR) is 184 cm³/mol. The van der Waals surface area contributed by atoms with Crippen LogP contribution in [0.15, 0.2) is 0 Å². The zero-order valence-corrected chi connectivity index (χ0v) is 31.5. The van der Waals surface area contributed by atoms with Gasteiger partial charge in [0.15, 0.2) is 0 Å². The van der Waals surface area contributed by atoms with Crippen LogP contribution in [0.2, 0.25) is 0 Å². The Morgan fingerprint density at radius 1 is 0.854 bits per heavy atom. The third-order valence-electron chi connectivity index (χ3n) is 9.33. The van der Waals surface area contributed by atoms with Crippen molar-refractivity contribution in [1.82, 2.24) is 31.5 Å². The third kappa shape index (κ3) is 10.6. The van der Waals surface area contributed by atoms with Crippen LogP contribution in [0.25, 0.3) is 0 Å². The number of carbonyl (C=O) groups excluding carboxylic acids is 6. The molecule has 48 heavy (non-hydrogen) atoms. The number of Topliss-reactive ketones (excluding diaryl/α,β-unsaturated/α-hetero) is 1. The number of carbonyl (C=O) groups is 6. The van der Waals surface area contributed by atoms with Crippen molar-refractivity contribution < 1.29 is 33.5 Å². The van der Waals surface area contributed by atoms with Gasteiger partial charge in [-0.05, 0) is 61.7 Å². The van der Waals surface area contributed by atoms with E-state index in [2.05, 4.69) is 40.4 Å². The maximum atomic E-state index is 14.3. The van der Waals surface area contributed by atoms with Crippen LogP contribution < -0.4 is 26.6 Å². The molecule has 0 bridgehead atoms. The minimum absolute atomic E-state index is 0.0708. The van der Waals surface area contributed by atoms with Crippen molar-refractivity contribution in [2.24, 2.45) is 28.1 Å². The van der Waals surface area contributed by atoms with E-state index >= 15 is 0 Å². The van der Waals surface area contributed by atoms with Crippen molar-refractivity contribution in [1.29, 1.82) is 0 Å². The van der Waals surface area contributed by atoms with Gasteiger partial charge in [-0.3, -0.25) is 19.2 Å². The molecule has 1 heterocycles. The number of nitrogens with one attached hydrogen (secondary N) is 5. The van der Waals surface area contributed by atoms with Crippen molar-refractivity contribution in [2.45, 2.75) is 139 Å². The van der Waals surface area contributed by atoms with Crippen LogP contribution in [0.4, 0.5) is 9.59 Å². The fourth-order valence-corrected chi connectivity index (χ4v) is 6.27. The maximum absolute atomic E-state index is 14.3. The van der Waals surface area contributed by atoms with Gasteiger partial charge in [0.2, 0.25) is 17.6 Å². The average molecular weight is 679 g/mol. The Kier molecular flexibility index (Phi) is 13.1. The number of amides is 6. The summed E-state index contributed by atoms with van der Waals surface area (Å²) >= 11 is 0. The number of urea groups is 1. The minimum Gasteiger partial charge on any atom is -0.447 e. The van der Waals surface area contributed by atoms with Gasteiger partial charge in [-0.1, -0.05) is 75.7 Å². The second-order valence-electron chi connectivity index (χ2n) is 17.2. The molecule has 1 saturated carbocycles. The van der Waals surface area contributed by atoms with E-state index in [-0.39, 0.29) is 30.3 Å². The normalized spacial score (nSPS) is 21.9. The quantitative estimate of drug-likeness (QED) is 0.185. The van der Waals surface area contributed by atoms with Gasteiger partial charge < -0.3 is 36.2 Å². The highest BCUT2D eigenvalue weighted by Crippen LogP contribution is 2.65. The van der Waals surface area contributed by atoms with Gasteiger partial charge in [-0.15, -0.1) is 0 Å². The zero-order chi connectivity index (χ0) is 37.0. The Bertz CT molecular complexity index is 1210. The summed E-state index contributed by atoms with van der Waals surface area (Å²) in [7, 11) is 0. The molecule has 13 heteroatoms. The summed E-state index contributed by atoms with van der Waals surface area (Å²) in [5.41, 5.74) is -1.92. The van der Waals surface area contributed by atoms with Crippen molar-refractivity contribution in [2.75, 3.05) is 19.7 Å². The van der Waals surface area contributed by atoms with Crippen LogP contribution in [0.3, 0.4) is 0 Å². The van der Waals surface area contributed by atoms with Crippen molar-refractivity contribution >= 4 is 35.6 Å². The van der Waals surface area contributed by atoms with Gasteiger partial charge in [0, 0.05) is 18.6 Å². The van der Waals surface area contributed by atoms with E-state index in [1.807, 2.05) is 76.2 Å². The highest BCUT2D eigenvalue weighted by Gasteiger charge is 2.70. The van der Waals surface area contributed by atoms with Crippen LogP contribution in [0.5, 0.6) is 0 Å². The molecule has 3 unspecified atom stereocenters. The van der Waals surface area contributed by atoms with Crippen molar-refractivity contribution in [3.63, 3.8) is 0 Å². The Balaban J connectivity index is 2.27. The number of rotatable bonds is 13. The van der Waals surface area contributed by atoms with E-state index in [9.17, 15) is 28.8 Å². The maximum Gasteiger partial charge on any atom is 0.407 e. The number of alkyl carbamates (subject to hydrolysis) is 1. The van der Waals surface area contributed by atoms with E-state index < -0.39 is 76.2 Å². The fourth-order valence-electron chi connectivity index (χ4n) is 6.27. The van der Waals surface area contributed by atoms with Gasteiger partial charge >= 0.3 is 12.1 Å². The highest BCUT2D eigenvalue weighted by atomic mass is 16.5. The monoisotopic (exact) mass is 678 g/mol. The first kappa shape index (κ1) is 40.8. The molecule has 0 spiro atoms. The lowest BCUT2D eigenvalue weighted by atomic mass is 9.85. The summed E-state index contributed by atoms with van der Waals surface area (Å²) in [5.74, 6) is -2.40. The minimum atomic E-state index is -1.01. The number of nitrogens with zero attached hydrogens (tertiary/aromatic N) is 1. The fraction of sp³-hybridized carbons (Fsp3) is 0.829. The van der Waals surface area contributed by atoms with Gasteiger partial charge in [0.25, 0.3) is 5.91 Å². The number of ether oxygens (including phenoxy) is 1. The van der Waals surface area contributed by atoms with Crippen LogP contribution in [-0.4, -0.2) is 89.9 Å². The predicted octanol–water partition coefficient (Wildman–Crippen LogP) is 3.50. The lowest BCUT2D eigenvalue weighted by molar-refractivity contribution is -0.145. The Labute approximate surface area is 287 Å². The van der Waals surface area contributed by atoms with E-state index in [1.54, 1.807) is 0 Å². The Hall–Kier alpha value is -3.38. The molecule has 1 aliphatic carbocycles. The molecule has 6 atom stereocenters. The van der Waals surface area contributed by atoms with Gasteiger partial charge in [0.1, 0.15) is 18.7 Å². The molecule has 6 amide bonds. The Morgan fingerprint density at radius 2 is 1.46 bits per heavy atom. The summed E-state index contributed by atoms with van der Waals surface area (Å²) in [5, 5.41) is 13.9. The first-order valence-corrected chi connectivity index (χ1v) is 17.3. The summed E-state index contributed by atoms with van der Waals surface area (Å²) < 4.78 is 5.42. The van der Waals surface area contributed by atoms with Crippen molar-refractivity contribution in [3.05, 3.63) is 0 Å². The lowest BCUT2D eigenvalue weighted by Gasteiger charge is -2.38. The first-order chi connectivity index (χ1) is 21.9. The number of ketones is 1. The van der Waals surface area contributed by atoms with Crippen molar-refractivity contribution in [3.8, 4) is 0 Å². The zero-order valence-electron chi connectivity index (χ0n) is 31.5. The molecule has 0 aromatic heterocycles. The molecule has 1 saturated heterocycles. The van der Waals surface area contributed by atoms with Crippen LogP contribution in [0.1, 0.15) is 109 Å². The molecule has 13 nitrogen and oxygen atoms in total. The number of hydrogen-bond acceptors (Lipinski definition) is 7. The largest absolute Gasteiger partial charge is 0.447 e. The summed E-state index contributed by atoms with van der Waals surface area (Å²) in [6.07, 6.45) is 0.910. The smallest absolute Gasteiger partial charge is 0.407 e. The van der Waals surface area contributed by atoms with E-state index in [1.165, 1.54) is 4.90 Å². The molecule has 2 fully saturated rings. The van der Waals surface area contributed by atoms with Crippen LogP contribution in [-0.2, 0) is 23.9 Å². The first-order valence-electron chi connectivity index (χ1n) is 17.3. The molecule has 274 valence electrons. The number of hydrogen-bond donors (Lipinski definition) is 5. The second kappa shape index (κ2) is 15.4. The van der Waals surface area contributed by atoms with E-state index in [0.29, 0.717) is 25.9 Å². The molecule has 0 radical (unpaired) electrons. The van der Waals surface area contributed by atoms with Gasteiger partial charge in [0.05, 0.1) is 12.1 Å². The highest BCUT2D eigenvalue weighted by molar-refractivity contribution is 6.38. The topological polar surface area (TPSA) is 175 Å². The molecule has 5 N–H and O–H groups in total. The number of fused-ring (bicyclic) bond motifs is 1. The standard InChI is InChI=1S/C35H62N6O7/c1-14-16-21(25(42)28(44)36-17-15-2)37-27(43)24-23-20(35(23,12)13)18-41(24)29(45)26(33(6,7)8)39-30(46)38-22(32(3,4)5)19-48-31(47)40-34(9,10)11/h20-24,26H,14-19H2,1-13H3,(H,36,44)(H,37,43)(H,40,47)(H2,38,39,46)/t20-,21?,22+,23-,24?,26?/m0/s1. The lowest BCUT2D eigenvalue weighted by Crippen LogP contribution is -2.62. The van der Waals surface area contributed by atoms with Gasteiger partial charge in [-0.2, -0.15) is 0 Å². The molecule has 0 aromatic rings. The molecule has 2 aliphatic rings. The molecular formula is C35H62N6O7. The van der Waals surface area contributed by atoms with Crippen LogP contribution >= 0.6 is 0 Å². The molecule has 2 rings (SSSR count). The van der Waals surface area contributed by atoms with Gasteiger partial charge in [-0.25, -0.2) is 9.59 Å². The molecular weight excluding hydrogens is 616 g/mol. The second-order valence-corrected chi connectivity index (χ2v) is 17.2. The Morgan fingerprint density at radius 3 is 1.96 bits per heavy atom. The number of likely N-dealkylation sites (tertiary alicyclic amines) is 1. The summed E-state index contributed by atoms with van der Waals surface area (Å²) in [6.45, 7) is 25.2. The molecule has 1 aliphatic heterocycles.